The molecule has 0 bridgehead atoms. The molecule has 0 radical (unpaired) electrons. The van der Waals surface area contributed by atoms with Crippen LogP contribution in [0, 0.1) is 0 Å². The second kappa shape index (κ2) is 8.59. The van der Waals surface area contributed by atoms with Crippen molar-refractivity contribution < 1.29 is 9.53 Å². The first-order valence-electron chi connectivity index (χ1n) is 10.6. The second-order valence-electron chi connectivity index (χ2n) is 7.82. The third-order valence-electron chi connectivity index (χ3n) is 5.80. The largest absolute Gasteiger partial charge is 0.497 e. The molecule has 1 aliphatic heterocycles. The number of nitrogens with zero attached hydrogens (tertiary/aromatic N) is 4. The molecule has 2 aromatic carbocycles. The third-order valence-corrected chi connectivity index (χ3v) is 6.04. The minimum atomic E-state index is -0.105. The average molecular weight is 450 g/mol. The minimum Gasteiger partial charge on any atom is -0.497 e. The van der Waals surface area contributed by atoms with Crippen molar-refractivity contribution in [3.8, 4) is 5.75 Å². The average Bonchev–Trinajstić information content (AvgIpc) is 3.16. The summed E-state index contributed by atoms with van der Waals surface area (Å²) in [5, 5.41) is 3.64. The van der Waals surface area contributed by atoms with Gasteiger partial charge in [0.05, 0.1) is 23.7 Å². The van der Waals surface area contributed by atoms with Gasteiger partial charge < -0.3 is 24.3 Å². The fraction of sp³-hybridized carbons (Fsp3) is 0.250. The Morgan fingerprint density at radius 2 is 1.94 bits per heavy atom. The molecule has 0 spiro atoms. The van der Waals surface area contributed by atoms with E-state index in [0.717, 1.165) is 41.0 Å². The molecule has 5 rings (SSSR count). The van der Waals surface area contributed by atoms with Crippen molar-refractivity contribution in [2.24, 2.45) is 0 Å². The number of anilines is 2. The number of ether oxygens (including phenoxy) is 1. The van der Waals surface area contributed by atoms with Gasteiger partial charge in [-0.15, -0.1) is 0 Å². The van der Waals surface area contributed by atoms with E-state index >= 15 is 0 Å². The summed E-state index contributed by atoms with van der Waals surface area (Å²) in [5.41, 5.74) is 3.65. The maximum absolute atomic E-state index is 12.9. The van der Waals surface area contributed by atoms with Gasteiger partial charge in [-0.2, -0.15) is 0 Å². The molecule has 32 heavy (non-hydrogen) atoms. The number of carbonyl (C=O) groups is 1. The zero-order valence-electron chi connectivity index (χ0n) is 17.8. The van der Waals surface area contributed by atoms with Crippen molar-refractivity contribution in [2.45, 2.75) is 6.42 Å². The molecule has 0 atom stereocenters. The van der Waals surface area contributed by atoms with Crippen molar-refractivity contribution in [1.82, 2.24) is 14.3 Å². The molecule has 8 heteroatoms. The highest BCUT2D eigenvalue weighted by atomic mass is 35.5. The molecule has 0 saturated carbocycles. The summed E-state index contributed by atoms with van der Waals surface area (Å²) in [6.07, 6.45) is 2.90. The predicted octanol–water partition coefficient (Wildman–Crippen LogP) is 4.89. The van der Waals surface area contributed by atoms with Crippen LogP contribution in [0.1, 0.15) is 6.42 Å². The van der Waals surface area contributed by atoms with Gasteiger partial charge in [-0.25, -0.2) is 9.78 Å². The Kier molecular flexibility index (Phi) is 5.49. The molecule has 1 N–H and O–H groups in total. The molecule has 2 aromatic heterocycles. The Morgan fingerprint density at radius 3 is 2.81 bits per heavy atom. The van der Waals surface area contributed by atoms with Crippen LogP contribution in [0.25, 0.3) is 16.6 Å². The Bertz CT molecular complexity index is 1290. The molecule has 7 nitrogen and oxygen atoms in total. The van der Waals surface area contributed by atoms with Crippen LogP contribution in [-0.2, 0) is 0 Å². The van der Waals surface area contributed by atoms with E-state index in [1.54, 1.807) is 7.11 Å². The van der Waals surface area contributed by atoms with E-state index in [2.05, 4.69) is 20.7 Å². The van der Waals surface area contributed by atoms with E-state index in [1.165, 1.54) is 0 Å². The van der Waals surface area contributed by atoms with Crippen molar-refractivity contribution in [2.75, 3.05) is 43.5 Å². The van der Waals surface area contributed by atoms with E-state index in [9.17, 15) is 4.79 Å². The van der Waals surface area contributed by atoms with E-state index < -0.39 is 0 Å². The number of rotatable bonds is 3. The SMILES string of the molecule is COc1cccc(NC(=O)N2CCCN(c3nc4cc(Cl)ccc4n4cccc34)CC2)c1. The second-order valence-corrected chi connectivity index (χ2v) is 8.26. The van der Waals surface area contributed by atoms with Crippen molar-refractivity contribution in [1.29, 1.82) is 0 Å². The van der Waals surface area contributed by atoms with E-state index in [1.807, 2.05) is 59.6 Å². The highest BCUT2D eigenvalue weighted by molar-refractivity contribution is 6.31. The van der Waals surface area contributed by atoms with Gasteiger partial charge in [-0.05, 0) is 48.9 Å². The summed E-state index contributed by atoms with van der Waals surface area (Å²) in [4.78, 5) is 21.9. The van der Waals surface area contributed by atoms with Gasteiger partial charge in [-0.1, -0.05) is 17.7 Å². The van der Waals surface area contributed by atoms with E-state index in [4.69, 9.17) is 21.3 Å². The zero-order valence-corrected chi connectivity index (χ0v) is 18.5. The molecular weight excluding hydrogens is 426 g/mol. The van der Waals surface area contributed by atoms with Gasteiger partial charge in [0.15, 0.2) is 5.82 Å². The summed E-state index contributed by atoms with van der Waals surface area (Å²) < 4.78 is 7.39. The monoisotopic (exact) mass is 449 g/mol. The van der Waals surface area contributed by atoms with E-state index in [0.29, 0.717) is 30.4 Å². The fourth-order valence-corrected chi connectivity index (χ4v) is 4.37. The summed E-state index contributed by atoms with van der Waals surface area (Å²) in [6, 6.07) is 17.2. The van der Waals surface area contributed by atoms with Gasteiger partial charge in [0, 0.05) is 49.2 Å². The van der Waals surface area contributed by atoms with Crippen molar-refractivity contribution in [3.63, 3.8) is 0 Å². The molecule has 1 aliphatic rings. The van der Waals surface area contributed by atoms with Crippen molar-refractivity contribution in [3.05, 3.63) is 65.8 Å². The summed E-state index contributed by atoms with van der Waals surface area (Å²) in [7, 11) is 1.61. The fourth-order valence-electron chi connectivity index (χ4n) is 4.20. The number of carbonyl (C=O) groups excluding carboxylic acids is 1. The molecular formula is C24H24ClN5O2. The van der Waals surface area contributed by atoms with Crippen LogP contribution in [0.15, 0.2) is 60.8 Å². The van der Waals surface area contributed by atoms with E-state index in [-0.39, 0.29) is 6.03 Å². The van der Waals surface area contributed by atoms with Crippen molar-refractivity contribution >= 4 is 45.7 Å². The maximum atomic E-state index is 12.9. The number of hydrogen-bond acceptors (Lipinski definition) is 4. The van der Waals surface area contributed by atoms with Crippen LogP contribution >= 0.6 is 11.6 Å². The number of fused-ring (bicyclic) bond motifs is 3. The molecule has 1 saturated heterocycles. The summed E-state index contributed by atoms with van der Waals surface area (Å²) in [5.74, 6) is 1.63. The normalized spacial score (nSPS) is 14.6. The number of benzene rings is 2. The molecule has 0 aliphatic carbocycles. The van der Waals surface area contributed by atoms with Crippen LogP contribution in [0.5, 0.6) is 5.75 Å². The van der Waals surface area contributed by atoms with Gasteiger partial charge >= 0.3 is 6.03 Å². The van der Waals surface area contributed by atoms with Gasteiger partial charge in [-0.3, -0.25) is 0 Å². The van der Waals surface area contributed by atoms with Crippen LogP contribution in [0.4, 0.5) is 16.3 Å². The number of methoxy groups -OCH3 is 1. The first-order valence-corrected chi connectivity index (χ1v) is 11.0. The third kappa shape index (κ3) is 3.91. The number of aromatic nitrogens is 2. The Balaban J connectivity index is 1.36. The van der Waals surface area contributed by atoms with Crippen LogP contribution in [0.3, 0.4) is 0 Å². The smallest absolute Gasteiger partial charge is 0.321 e. The van der Waals surface area contributed by atoms with Gasteiger partial charge in [0.2, 0.25) is 0 Å². The number of hydrogen-bond donors (Lipinski definition) is 1. The predicted molar refractivity (Wildman–Crippen MR) is 128 cm³/mol. The Labute approximate surface area is 191 Å². The molecule has 4 aromatic rings. The molecule has 1 fully saturated rings. The first-order chi connectivity index (χ1) is 15.6. The number of halogens is 1. The number of amides is 2. The molecule has 164 valence electrons. The highest BCUT2D eigenvalue weighted by Crippen LogP contribution is 2.28. The van der Waals surface area contributed by atoms with Crippen LogP contribution in [0.2, 0.25) is 5.02 Å². The highest BCUT2D eigenvalue weighted by Gasteiger charge is 2.22. The molecule has 2 amide bonds. The molecule has 0 unspecified atom stereocenters. The lowest BCUT2D eigenvalue weighted by Crippen LogP contribution is -2.38. The minimum absolute atomic E-state index is 0.105. The number of urea groups is 1. The zero-order chi connectivity index (χ0) is 22.1. The topological polar surface area (TPSA) is 62.1 Å². The van der Waals surface area contributed by atoms with Gasteiger partial charge in [0.1, 0.15) is 5.75 Å². The van der Waals surface area contributed by atoms with Crippen LogP contribution in [-0.4, -0.2) is 53.6 Å². The lowest BCUT2D eigenvalue weighted by Gasteiger charge is -2.24. The van der Waals surface area contributed by atoms with Gasteiger partial charge in [0.25, 0.3) is 0 Å². The maximum Gasteiger partial charge on any atom is 0.321 e. The lowest BCUT2D eigenvalue weighted by molar-refractivity contribution is 0.215. The van der Waals surface area contributed by atoms with Crippen LogP contribution < -0.4 is 15.0 Å². The molecule has 3 heterocycles. The standard InChI is InChI=1S/C24H24ClN5O2/c1-32-19-6-2-5-18(16-19)26-24(31)29-11-4-10-28(13-14-29)23-22-7-3-12-30(22)21-9-8-17(25)15-20(21)27-23/h2-3,5-9,12,15-16H,4,10-11,13-14H2,1H3,(H,26,31). The Hall–Kier alpha value is -3.45. The number of nitrogens with one attached hydrogen (secondary N) is 1. The lowest BCUT2D eigenvalue weighted by atomic mass is 10.2. The summed E-state index contributed by atoms with van der Waals surface area (Å²) in [6.45, 7) is 2.81. The quantitative estimate of drug-likeness (QED) is 0.483. The Morgan fingerprint density at radius 1 is 1.03 bits per heavy atom. The first kappa shape index (κ1) is 20.5. The summed E-state index contributed by atoms with van der Waals surface area (Å²) >= 11 is 6.23.